The number of aromatic nitrogens is 2. The normalized spacial score (nSPS) is 21.1. The number of nitrogens with zero attached hydrogens (tertiary/aromatic N) is 3. The van der Waals surface area contributed by atoms with Gasteiger partial charge in [0.1, 0.15) is 0 Å². The smallest absolute Gasteiger partial charge is 0.257 e. The fraction of sp³-hybridized carbons (Fsp3) is 0.750. The van der Waals surface area contributed by atoms with Gasteiger partial charge in [-0.05, 0) is 58.5 Å². The second-order valence-corrected chi connectivity index (χ2v) is 6.55. The van der Waals surface area contributed by atoms with E-state index in [0.29, 0.717) is 0 Å². The van der Waals surface area contributed by atoms with Crippen LogP contribution in [-0.4, -0.2) is 58.6 Å². The Morgan fingerprint density at radius 3 is 2.43 bits per heavy atom. The van der Waals surface area contributed by atoms with Crippen LogP contribution in [0.25, 0.3) is 0 Å². The fourth-order valence-electron chi connectivity index (χ4n) is 3.67. The third kappa shape index (κ3) is 3.12. The lowest BCUT2D eigenvalue weighted by atomic mass is 9.95. The highest BCUT2D eigenvalue weighted by Crippen LogP contribution is 2.23. The van der Waals surface area contributed by atoms with Crippen molar-refractivity contribution in [1.82, 2.24) is 20.0 Å². The van der Waals surface area contributed by atoms with E-state index in [-0.39, 0.29) is 5.91 Å². The van der Waals surface area contributed by atoms with Crippen LogP contribution < -0.4 is 0 Å². The standard InChI is InChI=1S/C16H26N4O/c1-12-15(13(2)18-17-12)16(21)20-9-5-14(6-10-20)11-19-7-3-4-8-19/h14H,3-11H2,1-2H3,(H,17,18). The van der Waals surface area contributed by atoms with E-state index in [1.165, 1.54) is 32.5 Å². The van der Waals surface area contributed by atoms with Crippen molar-refractivity contribution < 1.29 is 4.79 Å². The first-order valence-corrected chi connectivity index (χ1v) is 8.18. The molecule has 0 spiro atoms. The summed E-state index contributed by atoms with van der Waals surface area (Å²) in [6, 6.07) is 0. The third-order valence-electron chi connectivity index (χ3n) is 4.96. The molecule has 1 N–H and O–H groups in total. The molecule has 2 saturated heterocycles. The maximum absolute atomic E-state index is 12.6. The summed E-state index contributed by atoms with van der Waals surface area (Å²) < 4.78 is 0. The maximum Gasteiger partial charge on any atom is 0.257 e. The molecule has 2 aliphatic heterocycles. The molecule has 0 atom stereocenters. The molecule has 0 saturated carbocycles. The fourth-order valence-corrected chi connectivity index (χ4v) is 3.67. The van der Waals surface area contributed by atoms with Crippen molar-refractivity contribution in [1.29, 1.82) is 0 Å². The van der Waals surface area contributed by atoms with Crippen molar-refractivity contribution in [2.24, 2.45) is 5.92 Å². The highest BCUT2D eigenvalue weighted by molar-refractivity contribution is 5.96. The van der Waals surface area contributed by atoms with Gasteiger partial charge in [-0.15, -0.1) is 0 Å². The molecular formula is C16H26N4O. The summed E-state index contributed by atoms with van der Waals surface area (Å²) >= 11 is 0. The zero-order valence-electron chi connectivity index (χ0n) is 13.2. The lowest BCUT2D eigenvalue weighted by Gasteiger charge is -2.34. The summed E-state index contributed by atoms with van der Waals surface area (Å²) in [5.74, 6) is 0.914. The molecule has 116 valence electrons. The molecule has 1 amide bonds. The van der Waals surface area contributed by atoms with E-state index in [0.717, 1.165) is 48.8 Å². The number of hydrogen-bond acceptors (Lipinski definition) is 3. The number of rotatable bonds is 3. The molecule has 21 heavy (non-hydrogen) atoms. The Bertz CT molecular complexity index is 477. The molecule has 0 radical (unpaired) electrons. The summed E-state index contributed by atoms with van der Waals surface area (Å²) in [5.41, 5.74) is 2.47. The Hall–Kier alpha value is -1.36. The summed E-state index contributed by atoms with van der Waals surface area (Å²) in [7, 11) is 0. The number of aryl methyl sites for hydroxylation is 2. The van der Waals surface area contributed by atoms with Crippen LogP contribution in [-0.2, 0) is 0 Å². The minimum absolute atomic E-state index is 0.151. The van der Waals surface area contributed by atoms with Gasteiger partial charge in [-0.1, -0.05) is 0 Å². The first kappa shape index (κ1) is 14.6. The number of carbonyl (C=O) groups excluding carboxylic acids is 1. The lowest BCUT2D eigenvalue weighted by molar-refractivity contribution is 0.0671. The van der Waals surface area contributed by atoms with Crippen LogP contribution in [0.2, 0.25) is 0 Å². The van der Waals surface area contributed by atoms with Crippen LogP contribution >= 0.6 is 0 Å². The molecule has 5 nitrogen and oxygen atoms in total. The summed E-state index contributed by atoms with van der Waals surface area (Å²) in [5, 5.41) is 7.05. The largest absolute Gasteiger partial charge is 0.339 e. The highest BCUT2D eigenvalue weighted by Gasteiger charge is 2.27. The molecule has 2 aliphatic rings. The number of piperidine rings is 1. The number of aromatic amines is 1. The molecule has 1 aromatic heterocycles. The zero-order valence-corrected chi connectivity index (χ0v) is 13.2. The Balaban J connectivity index is 1.54. The van der Waals surface area contributed by atoms with Gasteiger partial charge in [-0.3, -0.25) is 9.89 Å². The minimum atomic E-state index is 0.151. The zero-order chi connectivity index (χ0) is 14.8. The van der Waals surface area contributed by atoms with Crippen molar-refractivity contribution in [3.8, 4) is 0 Å². The van der Waals surface area contributed by atoms with Crippen LogP contribution in [0.5, 0.6) is 0 Å². The summed E-state index contributed by atoms with van der Waals surface area (Å²) in [6.45, 7) is 9.37. The van der Waals surface area contributed by atoms with Crippen LogP contribution in [0.1, 0.15) is 47.4 Å². The van der Waals surface area contributed by atoms with E-state index in [1.54, 1.807) is 0 Å². The monoisotopic (exact) mass is 290 g/mol. The Morgan fingerprint density at radius 2 is 1.86 bits per heavy atom. The van der Waals surface area contributed by atoms with Gasteiger partial charge >= 0.3 is 0 Å². The van der Waals surface area contributed by atoms with Gasteiger partial charge in [0.05, 0.1) is 11.3 Å². The van der Waals surface area contributed by atoms with E-state index in [1.807, 2.05) is 18.7 Å². The van der Waals surface area contributed by atoms with Gasteiger partial charge in [-0.25, -0.2) is 0 Å². The average molecular weight is 290 g/mol. The molecule has 1 aromatic rings. The van der Waals surface area contributed by atoms with E-state index >= 15 is 0 Å². The number of H-pyrrole nitrogens is 1. The minimum Gasteiger partial charge on any atom is -0.339 e. The highest BCUT2D eigenvalue weighted by atomic mass is 16.2. The molecule has 3 heterocycles. The Labute approximate surface area is 126 Å². The predicted molar refractivity (Wildman–Crippen MR) is 82.4 cm³/mol. The van der Waals surface area contributed by atoms with Gasteiger partial charge in [-0.2, -0.15) is 5.10 Å². The molecule has 2 fully saturated rings. The Morgan fingerprint density at radius 1 is 1.19 bits per heavy atom. The van der Waals surface area contributed by atoms with Crippen molar-refractivity contribution >= 4 is 5.91 Å². The van der Waals surface area contributed by atoms with Crippen molar-refractivity contribution in [3.63, 3.8) is 0 Å². The molecule has 0 unspecified atom stereocenters. The van der Waals surface area contributed by atoms with Gasteiger partial charge in [0.25, 0.3) is 5.91 Å². The Kier molecular flexibility index (Phi) is 4.29. The number of likely N-dealkylation sites (tertiary alicyclic amines) is 2. The van der Waals surface area contributed by atoms with Gasteiger partial charge in [0.2, 0.25) is 0 Å². The van der Waals surface area contributed by atoms with E-state index < -0.39 is 0 Å². The molecule has 0 bridgehead atoms. The molecule has 5 heteroatoms. The summed E-state index contributed by atoms with van der Waals surface area (Å²) in [4.78, 5) is 17.2. The lowest BCUT2D eigenvalue weighted by Crippen LogP contribution is -2.41. The third-order valence-corrected chi connectivity index (χ3v) is 4.96. The molecular weight excluding hydrogens is 264 g/mol. The number of carbonyl (C=O) groups is 1. The van der Waals surface area contributed by atoms with Crippen LogP contribution in [0.15, 0.2) is 0 Å². The number of nitrogens with one attached hydrogen (secondary N) is 1. The number of hydrogen-bond donors (Lipinski definition) is 1. The van der Waals surface area contributed by atoms with Crippen LogP contribution in [0.3, 0.4) is 0 Å². The average Bonchev–Trinajstić information content (AvgIpc) is 3.09. The topological polar surface area (TPSA) is 52.2 Å². The van der Waals surface area contributed by atoms with E-state index in [4.69, 9.17) is 0 Å². The van der Waals surface area contributed by atoms with Crippen LogP contribution in [0.4, 0.5) is 0 Å². The van der Waals surface area contributed by atoms with Crippen molar-refractivity contribution in [2.45, 2.75) is 39.5 Å². The van der Waals surface area contributed by atoms with E-state index in [9.17, 15) is 4.79 Å². The predicted octanol–water partition coefficient (Wildman–Crippen LogP) is 1.97. The summed E-state index contributed by atoms with van der Waals surface area (Å²) in [6.07, 6.45) is 4.99. The van der Waals surface area contributed by atoms with Crippen molar-refractivity contribution in [2.75, 3.05) is 32.7 Å². The van der Waals surface area contributed by atoms with Gasteiger partial charge < -0.3 is 9.80 Å². The first-order valence-electron chi connectivity index (χ1n) is 8.18. The van der Waals surface area contributed by atoms with E-state index in [2.05, 4.69) is 15.1 Å². The van der Waals surface area contributed by atoms with Crippen LogP contribution in [0, 0.1) is 19.8 Å². The SMILES string of the molecule is Cc1n[nH]c(C)c1C(=O)N1CCC(CN2CCCC2)CC1. The number of amides is 1. The molecule has 0 aromatic carbocycles. The first-order chi connectivity index (χ1) is 10.1. The maximum atomic E-state index is 12.6. The molecule has 0 aliphatic carbocycles. The van der Waals surface area contributed by atoms with Gasteiger partial charge in [0, 0.05) is 25.3 Å². The second-order valence-electron chi connectivity index (χ2n) is 6.55. The van der Waals surface area contributed by atoms with Gasteiger partial charge in [0.15, 0.2) is 0 Å². The molecule has 3 rings (SSSR count). The van der Waals surface area contributed by atoms with Crippen molar-refractivity contribution in [3.05, 3.63) is 17.0 Å². The second kappa shape index (κ2) is 6.18. The quantitative estimate of drug-likeness (QED) is 0.926.